The number of ether oxygens (including phenoxy) is 3. The van der Waals surface area contributed by atoms with Gasteiger partial charge in [-0.15, -0.1) is 0 Å². The van der Waals surface area contributed by atoms with Gasteiger partial charge in [-0.2, -0.15) is 0 Å². The molecule has 0 bridgehead atoms. The van der Waals surface area contributed by atoms with E-state index in [9.17, 15) is 9.59 Å². The molecule has 1 heterocycles. The molecule has 0 spiro atoms. The van der Waals surface area contributed by atoms with E-state index in [1.54, 1.807) is 30.0 Å². The zero-order valence-corrected chi connectivity index (χ0v) is 17.3. The molecule has 1 aliphatic rings. The average molecular weight is 397 g/mol. The van der Waals surface area contributed by atoms with Crippen molar-refractivity contribution in [3.8, 4) is 11.5 Å². The van der Waals surface area contributed by atoms with E-state index in [2.05, 4.69) is 0 Å². The number of hydrogen-bond acceptors (Lipinski definition) is 5. The summed E-state index contributed by atoms with van der Waals surface area (Å²) >= 11 is 0. The van der Waals surface area contributed by atoms with Crippen molar-refractivity contribution in [2.45, 2.75) is 52.0 Å². The van der Waals surface area contributed by atoms with Gasteiger partial charge in [-0.25, -0.2) is 4.79 Å². The number of carbonyl (C=O) groups excluding carboxylic acids is 2. The lowest BCUT2D eigenvalue weighted by atomic mass is 10.0. The van der Waals surface area contributed by atoms with E-state index in [0.29, 0.717) is 18.0 Å². The molecule has 0 aliphatic carbocycles. The zero-order valence-electron chi connectivity index (χ0n) is 17.3. The third-order valence-corrected chi connectivity index (χ3v) is 4.67. The summed E-state index contributed by atoms with van der Waals surface area (Å²) in [6, 6.07) is 16.9. The summed E-state index contributed by atoms with van der Waals surface area (Å²) in [4.78, 5) is 27.4. The molecule has 0 saturated heterocycles. The van der Waals surface area contributed by atoms with Crippen molar-refractivity contribution in [1.82, 2.24) is 4.90 Å². The number of carbonyl (C=O) groups is 2. The monoisotopic (exact) mass is 397 g/mol. The summed E-state index contributed by atoms with van der Waals surface area (Å²) in [5.74, 6) is 0.197. The molecule has 0 unspecified atom stereocenters. The summed E-state index contributed by atoms with van der Waals surface area (Å²) < 4.78 is 16.7. The fourth-order valence-corrected chi connectivity index (χ4v) is 3.07. The lowest BCUT2D eigenvalue weighted by Gasteiger charge is -2.37. The predicted octanol–water partition coefficient (Wildman–Crippen LogP) is 3.59. The minimum Gasteiger partial charge on any atom is -0.485 e. The Morgan fingerprint density at radius 1 is 1.07 bits per heavy atom. The number of fused-ring (bicyclic) bond motifs is 1. The predicted molar refractivity (Wildman–Crippen MR) is 109 cm³/mol. The van der Waals surface area contributed by atoms with Crippen LogP contribution >= 0.6 is 0 Å². The molecule has 154 valence electrons. The van der Waals surface area contributed by atoms with Gasteiger partial charge in [0.2, 0.25) is 6.10 Å². The zero-order chi connectivity index (χ0) is 21.0. The van der Waals surface area contributed by atoms with Crippen molar-refractivity contribution < 1.29 is 23.8 Å². The SMILES string of the molecule is C[C@H](OC(=O)[C@@H]1COc2ccccc2O1)C(=O)N(Cc1ccccc1)C(C)(C)C. The Morgan fingerprint density at radius 3 is 2.34 bits per heavy atom. The summed E-state index contributed by atoms with van der Waals surface area (Å²) in [5, 5.41) is 0. The quantitative estimate of drug-likeness (QED) is 0.722. The summed E-state index contributed by atoms with van der Waals surface area (Å²) in [5.41, 5.74) is 0.576. The van der Waals surface area contributed by atoms with Gasteiger partial charge in [0.05, 0.1) is 0 Å². The van der Waals surface area contributed by atoms with Crippen LogP contribution in [-0.2, 0) is 20.9 Å². The maximum absolute atomic E-state index is 13.1. The van der Waals surface area contributed by atoms with Crippen LogP contribution in [0.1, 0.15) is 33.3 Å². The van der Waals surface area contributed by atoms with E-state index in [0.717, 1.165) is 5.56 Å². The van der Waals surface area contributed by atoms with Crippen molar-refractivity contribution in [2.75, 3.05) is 6.61 Å². The molecule has 0 fully saturated rings. The Bertz CT molecular complexity index is 859. The molecule has 0 saturated carbocycles. The molecule has 6 heteroatoms. The van der Waals surface area contributed by atoms with Crippen molar-refractivity contribution in [3.63, 3.8) is 0 Å². The summed E-state index contributed by atoms with van der Waals surface area (Å²) in [6.07, 6.45) is -1.84. The number of nitrogens with zero attached hydrogens (tertiary/aromatic N) is 1. The number of amides is 1. The van der Waals surface area contributed by atoms with Crippen LogP contribution in [0.2, 0.25) is 0 Å². The Kier molecular flexibility index (Phi) is 6.11. The average Bonchev–Trinajstić information content (AvgIpc) is 2.71. The van der Waals surface area contributed by atoms with Crippen molar-refractivity contribution in [2.24, 2.45) is 0 Å². The molecule has 0 aromatic heterocycles. The van der Waals surface area contributed by atoms with Gasteiger partial charge in [-0.1, -0.05) is 42.5 Å². The first-order chi connectivity index (χ1) is 13.8. The van der Waals surface area contributed by atoms with Crippen LogP contribution in [0.15, 0.2) is 54.6 Å². The largest absolute Gasteiger partial charge is 0.485 e. The van der Waals surface area contributed by atoms with Crippen LogP contribution in [0.5, 0.6) is 11.5 Å². The van der Waals surface area contributed by atoms with E-state index in [1.807, 2.05) is 57.2 Å². The molecule has 6 nitrogen and oxygen atoms in total. The molecule has 0 N–H and O–H groups in total. The van der Waals surface area contributed by atoms with Crippen LogP contribution in [-0.4, -0.2) is 41.1 Å². The minimum atomic E-state index is -0.939. The Morgan fingerprint density at radius 2 is 1.69 bits per heavy atom. The van der Waals surface area contributed by atoms with E-state index < -0.39 is 23.7 Å². The maximum Gasteiger partial charge on any atom is 0.351 e. The lowest BCUT2D eigenvalue weighted by Crippen LogP contribution is -2.50. The van der Waals surface area contributed by atoms with Crippen LogP contribution < -0.4 is 9.47 Å². The van der Waals surface area contributed by atoms with Crippen molar-refractivity contribution >= 4 is 11.9 Å². The third kappa shape index (κ3) is 5.08. The fourth-order valence-electron chi connectivity index (χ4n) is 3.07. The number of hydrogen-bond donors (Lipinski definition) is 0. The third-order valence-electron chi connectivity index (χ3n) is 4.67. The number of para-hydroxylation sites is 2. The van der Waals surface area contributed by atoms with Gasteiger partial charge in [-0.3, -0.25) is 4.79 Å². The van der Waals surface area contributed by atoms with E-state index in [4.69, 9.17) is 14.2 Å². The van der Waals surface area contributed by atoms with Crippen LogP contribution in [0.4, 0.5) is 0 Å². The van der Waals surface area contributed by atoms with Gasteiger partial charge in [0.15, 0.2) is 17.6 Å². The van der Waals surface area contributed by atoms with E-state index in [1.165, 1.54) is 0 Å². The second kappa shape index (κ2) is 8.55. The van der Waals surface area contributed by atoms with Crippen molar-refractivity contribution in [1.29, 1.82) is 0 Å². The van der Waals surface area contributed by atoms with Crippen LogP contribution in [0.25, 0.3) is 0 Å². The molecular formula is C23H27NO5. The highest BCUT2D eigenvalue weighted by Crippen LogP contribution is 2.31. The molecule has 2 atom stereocenters. The molecule has 29 heavy (non-hydrogen) atoms. The van der Waals surface area contributed by atoms with Gasteiger partial charge < -0.3 is 19.1 Å². The summed E-state index contributed by atoms with van der Waals surface area (Å²) in [6.45, 7) is 7.93. The standard InChI is InChI=1S/C23H27NO5/c1-16(21(25)24(23(2,3)4)14-17-10-6-5-7-11-17)28-22(26)20-15-27-18-12-8-9-13-19(18)29-20/h5-13,16,20H,14-15H2,1-4H3/t16-,20-/m0/s1. The van der Waals surface area contributed by atoms with Gasteiger partial charge in [0.25, 0.3) is 5.91 Å². The second-order valence-electron chi connectivity index (χ2n) is 8.02. The van der Waals surface area contributed by atoms with Crippen LogP contribution in [0, 0.1) is 0 Å². The highest BCUT2D eigenvalue weighted by molar-refractivity contribution is 5.85. The normalized spacial score (nSPS) is 16.6. The van der Waals surface area contributed by atoms with Gasteiger partial charge in [0, 0.05) is 12.1 Å². The molecule has 1 aliphatic heterocycles. The van der Waals surface area contributed by atoms with Gasteiger partial charge >= 0.3 is 5.97 Å². The summed E-state index contributed by atoms with van der Waals surface area (Å²) in [7, 11) is 0. The smallest absolute Gasteiger partial charge is 0.351 e. The Hall–Kier alpha value is -3.02. The molecule has 2 aromatic carbocycles. The minimum absolute atomic E-state index is 0.0454. The lowest BCUT2D eigenvalue weighted by molar-refractivity contribution is -0.169. The van der Waals surface area contributed by atoms with Crippen LogP contribution in [0.3, 0.4) is 0 Å². The number of benzene rings is 2. The highest BCUT2D eigenvalue weighted by atomic mass is 16.6. The molecule has 1 amide bonds. The van der Waals surface area contributed by atoms with Crippen molar-refractivity contribution in [3.05, 3.63) is 60.2 Å². The van der Waals surface area contributed by atoms with E-state index >= 15 is 0 Å². The van der Waals surface area contributed by atoms with E-state index in [-0.39, 0.29) is 12.5 Å². The topological polar surface area (TPSA) is 65.1 Å². The molecule has 2 aromatic rings. The second-order valence-corrected chi connectivity index (χ2v) is 8.02. The fraction of sp³-hybridized carbons (Fsp3) is 0.391. The molecule has 0 radical (unpaired) electrons. The Balaban J connectivity index is 1.65. The maximum atomic E-state index is 13.1. The number of rotatable bonds is 5. The first-order valence-corrected chi connectivity index (χ1v) is 9.70. The molecular weight excluding hydrogens is 370 g/mol. The first kappa shape index (κ1) is 20.7. The highest BCUT2D eigenvalue weighted by Gasteiger charge is 2.35. The van der Waals surface area contributed by atoms with Gasteiger partial charge in [0.1, 0.15) is 6.61 Å². The Labute approximate surface area is 171 Å². The first-order valence-electron chi connectivity index (χ1n) is 9.70. The number of esters is 1. The van der Waals surface area contributed by atoms with Gasteiger partial charge in [-0.05, 0) is 45.4 Å². The molecule has 3 rings (SSSR count).